The molecule has 1 saturated heterocycles. The number of amides is 2. The molecule has 0 aromatic carbocycles. The molecule has 132 valence electrons. The van der Waals surface area contributed by atoms with Gasteiger partial charge in [0.15, 0.2) is 0 Å². The highest BCUT2D eigenvalue weighted by atomic mass is 16.5. The van der Waals surface area contributed by atoms with Gasteiger partial charge < -0.3 is 14.5 Å². The smallest absolute Gasteiger partial charge is 0.225 e. The van der Waals surface area contributed by atoms with Crippen molar-refractivity contribution in [2.75, 3.05) is 39.4 Å². The largest absolute Gasteiger partial charge is 0.378 e. The molecule has 2 aliphatic rings. The van der Waals surface area contributed by atoms with Crippen molar-refractivity contribution < 1.29 is 14.3 Å². The Bertz CT molecular complexity index is 380. The normalized spacial score (nSPS) is 25.2. The molecular formula is C18H32N2O3. The van der Waals surface area contributed by atoms with Crippen LogP contribution in [0.3, 0.4) is 0 Å². The van der Waals surface area contributed by atoms with Crippen LogP contribution < -0.4 is 0 Å². The molecule has 1 aliphatic carbocycles. The lowest BCUT2D eigenvalue weighted by atomic mass is 9.80. The van der Waals surface area contributed by atoms with Crippen LogP contribution in [0.15, 0.2) is 0 Å². The van der Waals surface area contributed by atoms with E-state index in [2.05, 4.69) is 13.8 Å². The minimum absolute atomic E-state index is 0.114. The fraction of sp³-hybridized carbons (Fsp3) is 0.889. The minimum atomic E-state index is 0.114. The van der Waals surface area contributed by atoms with E-state index in [4.69, 9.17) is 4.74 Å². The van der Waals surface area contributed by atoms with Gasteiger partial charge >= 0.3 is 0 Å². The standard InChI is InChI=1S/C18H32N2O3/c1-3-9-19(10-4-2)17(21)15-5-7-16(8-6-15)18(22)20-11-13-23-14-12-20/h15-16H,3-14H2,1-2H3. The van der Waals surface area contributed by atoms with E-state index in [9.17, 15) is 9.59 Å². The van der Waals surface area contributed by atoms with Crippen LogP contribution >= 0.6 is 0 Å². The number of morpholine rings is 1. The van der Waals surface area contributed by atoms with Crippen molar-refractivity contribution in [3.63, 3.8) is 0 Å². The summed E-state index contributed by atoms with van der Waals surface area (Å²) in [5, 5.41) is 0. The van der Waals surface area contributed by atoms with Gasteiger partial charge in [-0.2, -0.15) is 0 Å². The van der Waals surface area contributed by atoms with Crippen LogP contribution in [0.2, 0.25) is 0 Å². The highest BCUT2D eigenvalue weighted by molar-refractivity contribution is 5.81. The third-order valence-corrected chi connectivity index (χ3v) is 5.05. The van der Waals surface area contributed by atoms with Gasteiger partial charge in [0, 0.05) is 38.0 Å². The Hall–Kier alpha value is -1.10. The lowest BCUT2D eigenvalue weighted by molar-refractivity contribution is -0.144. The van der Waals surface area contributed by atoms with Gasteiger partial charge in [0.05, 0.1) is 13.2 Å². The van der Waals surface area contributed by atoms with Crippen molar-refractivity contribution in [3.05, 3.63) is 0 Å². The molecule has 2 amide bonds. The van der Waals surface area contributed by atoms with Gasteiger partial charge in [-0.1, -0.05) is 13.8 Å². The van der Waals surface area contributed by atoms with E-state index in [1.165, 1.54) is 0 Å². The molecule has 2 fully saturated rings. The zero-order chi connectivity index (χ0) is 16.7. The van der Waals surface area contributed by atoms with E-state index in [1.54, 1.807) is 0 Å². The first-order valence-electron chi connectivity index (χ1n) is 9.32. The average Bonchev–Trinajstić information content (AvgIpc) is 2.61. The minimum Gasteiger partial charge on any atom is -0.378 e. The van der Waals surface area contributed by atoms with E-state index < -0.39 is 0 Å². The molecular weight excluding hydrogens is 292 g/mol. The molecule has 1 heterocycles. The van der Waals surface area contributed by atoms with E-state index in [0.29, 0.717) is 19.1 Å². The van der Waals surface area contributed by atoms with Crippen molar-refractivity contribution in [1.29, 1.82) is 0 Å². The molecule has 2 rings (SSSR count). The second kappa shape index (κ2) is 9.26. The summed E-state index contributed by atoms with van der Waals surface area (Å²) in [4.78, 5) is 29.2. The summed E-state index contributed by atoms with van der Waals surface area (Å²) in [7, 11) is 0. The Kier molecular flexibility index (Phi) is 7.34. The zero-order valence-corrected chi connectivity index (χ0v) is 14.8. The first kappa shape index (κ1) is 18.2. The Balaban J connectivity index is 1.82. The molecule has 23 heavy (non-hydrogen) atoms. The number of ether oxygens (including phenoxy) is 1. The topological polar surface area (TPSA) is 49.9 Å². The van der Waals surface area contributed by atoms with Gasteiger partial charge in [-0.05, 0) is 38.5 Å². The highest BCUT2D eigenvalue weighted by Gasteiger charge is 2.33. The highest BCUT2D eigenvalue weighted by Crippen LogP contribution is 2.31. The maximum absolute atomic E-state index is 12.7. The van der Waals surface area contributed by atoms with Crippen LogP contribution in [-0.2, 0) is 14.3 Å². The first-order valence-corrected chi connectivity index (χ1v) is 9.32. The SMILES string of the molecule is CCCN(CCC)C(=O)C1CCC(C(=O)N2CCOCC2)CC1. The monoisotopic (exact) mass is 324 g/mol. The quantitative estimate of drug-likeness (QED) is 0.753. The molecule has 0 aromatic heterocycles. The van der Waals surface area contributed by atoms with Crippen LogP contribution in [0, 0.1) is 11.8 Å². The maximum Gasteiger partial charge on any atom is 0.225 e. The van der Waals surface area contributed by atoms with Gasteiger partial charge in [-0.15, -0.1) is 0 Å². The second-order valence-electron chi connectivity index (χ2n) is 6.81. The number of hydrogen-bond acceptors (Lipinski definition) is 3. The van der Waals surface area contributed by atoms with E-state index >= 15 is 0 Å². The molecule has 1 saturated carbocycles. The summed E-state index contributed by atoms with van der Waals surface area (Å²) in [5.41, 5.74) is 0. The molecule has 1 aliphatic heterocycles. The fourth-order valence-corrected chi connectivity index (χ4v) is 3.76. The summed E-state index contributed by atoms with van der Waals surface area (Å²) < 4.78 is 5.31. The lowest BCUT2D eigenvalue weighted by Crippen LogP contribution is -2.45. The zero-order valence-electron chi connectivity index (χ0n) is 14.8. The van der Waals surface area contributed by atoms with Crippen molar-refractivity contribution in [1.82, 2.24) is 9.80 Å². The lowest BCUT2D eigenvalue weighted by Gasteiger charge is -2.35. The Morgan fingerprint density at radius 2 is 1.48 bits per heavy atom. The number of nitrogens with zero attached hydrogens (tertiary/aromatic N) is 2. The van der Waals surface area contributed by atoms with Crippen LogP contribution in [0.25, 0.3) is 0 Å². The van der Waals surface area contributed by atoms with Gasteiger partial charge in [0.25, 0.3) is 0 Å². The molecule has 0 spiro atoms. The second-order valence-corrected chi connectivity index (χ2v) is 6.81. The summed E-state index contributed by atoms with van der Waals surface area (Å²) in [5.74, 6) is 0.828. The molecule has 0 N–H and O–H groups in total. The average molecular weight is 324 g/mol. The molecule has 0 radical (unpaired) electrons. The fourth-order valence-electron chi connectivity index (χ4n) is 3.76. The van der Waals surface area contributed by atoms with Crippen molar-refractivity contribution in [2.45, 2.75) is 52.4 Å². The predicted octanol–water partition coefficient (Wildman–Crippen LogP) is 2.30. The third-order valence-electron chi connectivity index (χ3n) is 5.05. The predicted molar refractivity (Wildman–Crippen MR) is 90.0 cm³/mol. The molecule has 0 atom stereocenters. The first-order chi connectivity index (χ1) is 11.2. The van der Waals surface area contributed by atoms with E-state index in [-0.39, 0.29) is 17.7 Å². The van der Waals surface area contributed by atoms with Crippen LogP contribution in [0.4, 0.5) is 0 Å². The Morgan fingerprint density at radius 1 is 0.957 bits per heavy atom. The van der Waals surface area contributed by atoms with Crippen LogP contribution in [0.1, 0.15) is 52.4 Å². The van der Waals surface area contributed by atoms with Gasteiger partial charge in [-0.3, -0.25) is 9.59 Å². The summed E-state index contributed by atoms with van der Waals surface area (Å²) in [6.45, 7) is 8.71. The Labute approximate surface area is 140 Å². The molecule has 5 nitrogen and oxygen atoms in total. The number of carbonyl (C=O) groups is 2. The number of hydrogen-bond donors (Lipinski definition) is 0. The molecule has 0 unspecified atom stereocenters. The summed E-state index contributed by atoms with van der Waals surface area (Å²) in [6, 6.07) is 0. The van der Waals surface area contributed by atoms with Crippen LogP contribution in [0.5, 0.6) is 0 Å². The third kappa shape index (κ3) is 4.93. The summed E-state index contributed by atoms with van der Waals surface area (Å²) >= 11 is 0. The maximum atomic E-state index is 12.7. The number of rotatable bonds is 6. The Morgan fingerprint density at radius 3 is 2.00 bits per heavy atom. The van der Waals surface area contributed by atoms with Gasteiger partial charge in [0.2, 0.25) is 11.8 Å². The molecule has 5 heteroatoms. The van der Waals surface area contributed by atoms with Crippen molar-refractivity contribution >= 4 is 11.8 Å². The molecule has 0 aromatic rings. The summed E-state index contributed by atoms with van der Waals surface area (Å²) in [6.07, 6.45) is 5.47. The number of carbonyl (C=O) groups excluding carboxylic acids is 2. The molecule has 0 bridgehead atoms. The van der Waals surface area contributed by atoms with Crippen LogP contribution in [-0.4, -0.2) is 61.0 Å². The van der Waals surface area contributed by atoms with Crippen molar-refractivity contribution in [2.24, 2.45) is 11.8 Å². The van der Waals surface area contributed by atoms with Gasteiger partial charge in [-0.25, -0.2) is 0 Å². The van der Waals surface area contributed by atoms with E-state index in [0.717, 1.165) is 64.7 Å². The van der Waals surface area contributed by atoms with Gasteiger partial charge in [0.1, 0.15) is 0 Å². The van der Waals surface area contributed by atoms with E-state index in [1.807, 2.05) is 9.80 Å². The van der Waals surface area contributed by atoms with Crippen molar-refractivity contribution in [3.8, 4) is 0 Å².